The van der Waals surface area contributed by atoms with Crippen LogP contribution in [0, 0.1) is 25.2 Å². The summed E-state index contributed by atoms with van der Waals surface area (Å²) in [5, 5.41) is 12.3. The van der Waals surface area contributed by atoms with Crippen LogP contribution in [0.4, 0.5) is 5.69 Å². The number of aromatic nitrogens is 1. The molecule has 4 nitrogen and oxygen atoms in total. The number of hydrogen-bond donors (Lipinski definition) is 1. The number of rotatable bonds is 5. The van der Waals surface area contributed by atoms with Crippen LogP contribution in [0.15, 0.2) is 35.9 Å². The molecule has 0 aliphatic rings. The molecule has 1 heterocycles. The number of hydrogen-bond acceptors (Lipinski definition) is 2. The molecule has 0 saturated carbocycles. The average molecular weight is 364 g/mol. The standard InChI is InChI=1S/C23H29N3O/c1-7-12-26-16(2)13-18(17(26)3)14-19(15-24)22(27)25-21-10-8-20(9-11-21)23(4,5)6/h8-11,13-14H,7,12H2,1-6H3,(H,25,27)/b19-14+. The molecule has 2 aromatic rings. The molecule has 142 valence electrons. The lowest BCUT2D eigenvalue weighted by molar-refractivity contribution is -0.112. The van der Waals surface area contributed by atoms with Crippen LogP contribution in [0.5, 0.6) is 0 Å². The van der Waals surface area contributed by atoms with Gasteiger partial charge in [-0.15, -0.1) is 0 Å². The second kappa shape index (κ2) is 8.26. The fourth-order valence-electron chi connectivity index (χ4n) is 3.10. The Bertz CT molecular complexity index is 887. The van der Waals surface area contributed by atoms with Gasteiger partial charge < -0.3 is 9.88 Å². The highest BCUT2D eigenvalue weighted by atomic mass is 16.1. The van der Waals surface area contributed by atoms with Crippen molar-refractivity contribution >= 4 is 17.7 Å². The number of carbonyl (C=O) groups is 1. The normalized spacial score (nSPS) is 12.0. The maximum atomic E-state index is 12.5. The van der Waals surface area contributed by atoms with E-state index in [9.17, 15) is 10.1 Å². The molecule has 1 N–H and O–H groups in total. The summed E-state index contributed by atoms with van der Waals surface area (Å²) in [4.78, 5) is 12.5. The zero-order valence-electron chi connectivity index (χ0n) is 17.2. The van der Waals surface area contributed by atoms with E-state index < -0.39 is 0 Å². The number of aryl methyl sites for hydroxylation is 1. The van der Waals surface area contributed by atoms with Gasteiger partial charge in [0.15, 0.2) is 0 Å². The molecule has 0 saturated heterocycles. The first-order valence-electron chi connectivity index (χ1n) is 9.37. The average Bonchev–Trinajstić information content (AvgIpc) is 2.87. The van der Waals surface area contributed by atoms with Crippen molar-refractivity contribution in [1.29, 1.82) is 5.26 Å². The second-order valence-corrected chi connectivity index (χ2v) is 7.93. The van der Waals surface area contributed by atoms with Crippen molar-refractivity contribution in [2.75, 3.05) is 5.32 Å². The highest BCUT2D eigenvalue weighted by molar-refractivity contribution is 6.09. The van der Waals surface area contributed by atoms with E-state index in [1.54, 1.807) is 6.08 Å². The minimum atomic E-state index is -0.388. The minimum Gasteiger partial charge on any atom is -0.349 e. The molecule has 0 radical (unpaired) electrons. The summed E-state index contributed by atoms with van der Waals surface area (Å²) in [6.07, 6.45) is 2.71. The van der Waals surface area contributed by atoms with Crippen LogP contribution in [0.1, 0.15) is 56.6 Å². The van der Waals surface area contributed by atoms with Gasteiger partial charge in [-0.1, -0.05) is 39.8 Å². The van der Waals surface area contributed by atoms with E-state index in [4.69, 9.17) is 0 Å². The van der Waals surface area contributed by atoms with Crippen LogP contribution in [0.25, 0.3) is 6.08 Å². The molecule has 0 fully saturated rings. The number of carbonyl (C=O) groups excluding carboxylic acids is 1. The summed E-state index contributed by atoms with van der Waals surface area (Å²) in [7, 11) is 0. The number of nitrogens with one attached hydrogen (secondary N) is 1. The zero-order valence-corrected chi connectivity index (χ0v) is 17.2. The molecule has 0 atom stereocenters. The molecule has 0 bridgehead atoms. The van der Waals surface area contributed by atoms with Crippen LogP contribution in [-0.4, -0.2) is 10.5 Å². The van der Waals surface area contributed by atoms with Gasteiger partial charge in [0.05, 0.1) is 0 Å². The minimum absolute atomic E-state index is 0.0568. The van der Waals surface area contributed by atoms with Crippen molar-refractivity contribution in [2.24, 2.45) is 0 Å². The van der Waals surface area contributed by atoms with Crippen molar-refractivity contribution in [2.45, 2.75) is 59.9 Å². The Kier molecular flexibility index (Phi) is 6.28. The summed E-state index contributed by atoms with van der Waals surface area (Å²) in [6.45, 7) is 13.6. The third-order valence-electron chi connectivity index (χ3n) is 4.73. The Balaban J connectivity index is 2.23. The first-order chi connectivity index (χ1) is 12.7. The van der Waals surface area contributed by atoms with E-state index in [2.05, 4.69) is 37.6 Å². The van der Waals surface area contributed by atoms with Gasteiger partial charge in [0.25, 0.3) is 5.91 Å². The van der Waals surface area contributed by atoms with E-state index in [1.807, 2.05) is 50.2 Å². The zero-order chi connectivity index (χ0) is 20.2. The molecule has 1 aromatic heterocycles. The van der Waals surface area contributed by atoms with E-state index in [-0.39, 0.29) is 16.9 Å². The number of nitriles is 1. The molecule has 0 aliphatic heterocycles. The lowest BCUT2D eigenvalue weighted by Gasteiger charge is -2.19. The summed E-state index contributed by atoms with van der Waals surface area (Å²) in [6, 6.07) is 11.8. The molecular formula is C23H29N3O. The van der Waals surface area contributed by atoms with Crippen molar-refractivity contribution in [1.82, 2.24) is 4.57 Å². The van der Waals surface area contributed by atoms with Gasteiger partial charge in [0, 0.05) is 23.6 Å². The van der Waals surface area contributed by atoms with Crippen molar-refractivity contribution < 1.29 is 4.79 Å². The first kappa shape index (κ1) is 20.5. The third-order valence-corrected chi connectivity index (χ3v) is 4.73. The topological polar surface area (TPSA) is 57.8 Å². The maximum absolute atomic E-state index is 12.5. The number of amides is 1. The fraction of sp³-hybridized carbons (Fsp3) is 0.391. The van der Waals surface area contributed by atoms with Gasteiger partial charge in [0.2, 0.25) is 0 Å². The van der Waals surface area contributed by atoms with Crippen LogP contribution >= 0.6 is 0 Å². The van der Waals surface area contributed by atoms with Gasteiger partial charge in [0.1, 0.15) is 11.6 Å². The summed E-state index contributed by atoms with van der Waals surface area (Å²) >= 11 is 0. The van der Waals surface area contributed by atoms with E-state index in [1.165, 1.54) is 5.56 Å². The Hall–Kier alpha value is -2.80. The summed E-state index contributed by atoms with van der Waals surface area (Å²) in [5.74, 6) is -0.388. The summed E-state index contributed by atoms with van der Waals surface area (Å²) < 4.78 is 2.21. The predicted molar refractivity (Wildman–Crippen MR) is 112 cm³/mol. The number of anilines is 1. The molecule has 1 amide bonds. The highest BCUT2D eigenvalue weighted by Gasteiger charge is 2.15. The Morgan fingerprint density at radius 2 is 1.85 bits per heavy atom. The molecular weight excluding hydrogens is 334 g/mol. The summed E-state index contributed by atoms with van der Waals surface area (Å²) in [5.41, 5.74) is 5.16. The van der Waals surface area contributed by atoms with Gasteiger partial charge >= 0.3 is 0 Å². The quantitative estimate of drug-likeness (QED) is 0.574. The lowest BCUT2D eigenvalue weighted by Crippen LogP contribution is -2.14. The van der Waals surface area contributed by atoms with Crippen LogP contribution in [0.2, 0.25) is 0 Å². The Labute approximate surface area is 162 Å². The molecule has 27 heavy (non-hydrogen) atoms. The smallest absolute Gasteiger partial charge is 0.266 e. The molecule has 4 heteroatoms. The monoisotopic (exact) mass is 363 g/mol. The van der Waals surface area contributed by atoms with E-state index in [0.29, 0.717) is 5.69 Å². The third kappa shape index (κ3) is 4.89. The van der Waals surface area contributed by atoms with Crippen LogP contribution in [0.3, 0.4) is 0 Å². The molecule has 0 unspecified atom stereocenters. The second-order valence-electron chi connectivity index (χ2n) is 7.93. The Morgan fingerprint density at radius 1 is 1.22 bits per heavy atom. The first-order valence-corrected chi connectivity index (χ1v) is 9.37. The predicted octanol–water partition coefficient (Wildman–Crippen LogP) is 5.36. The van der Waals surface area contributed by atoms with Crippen LogP contribution < -0.4 is 5.32 Å². The molecule has 0 aliphatic carbocycles. The van der Waals surface area contributed by atoms with Gasteiger partial charge in [-0.3, -0.25) is 4.79 Å². The largest absolute Gasteiger partial charge is 0.349 e. The number of nitrogens with zero attached hydrogens (tertiary/aromatic N) is 2. The van der Waals surface area contributed by atoms with Crippen molar-refractivity contribution in [3.63, 3.8) is 0 Å². The van der Waals surface area contributed by atoms with Gasteiger partial charge in [-0.05, 0) is 61.1 Å². The van der Waals surface area contributed by atoms with Crippen LogP contribution in [-0.2, 0) is 16.8 Å². The van der Waals surface area contributed by atoms with E-state index >= 15 is 0 Å². The maximum Gasteiger partial charge on any atom is 0.266 e. The molecule has 1 aromatic carbocycles. The molecule has 2 rings (SSSR count). The number of benzene rings is 1. The Morgan fingerprint density at radius 3 is 2.37 bits per heavy atom. The SMILES string of the molecule is CCCn1c(C)cc(/C=C(\C#N)C(=O)Nc2ccc(C(C)(C)C)cc2)c1C. The lowest BCUT2D eigenvalue weighted by atomic mass is 9.87. The van der Waals surface area contributed by atoms with Gasteiger partial charge in [-0.2, -0.15) is 5.26 Å². The van der Waals surface area contributed by atoms with E-state index in [0.717, 1.165) is 29.9 Å². The highest BCUT2D eigenvalue weighted by Crippen LogP contribution is 2.24. The molecule has 0 spiro atoms. The van der Waals surface area contributed by atoms with Crippen molar-refractivity contribution in [3.05, 3.63) is 58.4 Å². The van der Waals surface area contributed by atoms with Gasteiger partial charge in [-0.25, -0.2) is 0 Å². The van der Waals surface area contributed by atoms with Crippen molar-refractivity contribution in [3.8, 4) is 6.07 Å². The fourth-order valence-corrected chi connectivity index (χ4v) is 3.10.